The predicted octanol–water partition coefficient (Wildman–Crippen LogP) is 5.05. The van der Waals surface area contributed by atoms with E-state index in [0.717, 1.165) is 11.1 Å². The van der Waals surface area contributed by atoms with Gasteiger partial charge in [0, 0.05) is 16.1 Å². The van der Waals surface area contributed by atoms with Gasteiger partial charge in [-0.3, -0.25) is 9.36 Å². The molecule has 5 rings (SSSR count). The fourth-order valence-corrected chi connectivity index (χ4v) is 6.00. The molecule has 0 saturated heterocycles. The van der Waals surface area contributed by atoms with Crippen LogP contribution in [0.2, 0.25) is 5.02 Å². The molecule has 42 heavy (non-hydrogen) atoms. The average Bonchev–Trinajstić information content (AvgIpc) is 3.30. The minimum atomic E-state index is -0.783. The molecule has 0 radical (unpaired) electrons. The predicted molar refractivity (Wildman–Crippen MR) is 162 cm³/mol. The van der Waals surface area contributed by atoms with Crippen LogP contribution in [-0.4, -0.2) is 31.4 Å². The largest absolute Gasteiger partial charge is 0.493 e. The van der Waals surface area contributed by atoms with Gasteiger partial charge in [-0.25, -0.2) is 9.79 Å². The number of esters is 1. The van der Waals surface area contributed by atoms with Crippen molar-refractivity contribution in [3.8, 4) is 17.2 Å². The number of thiazole rings is 1. The summed E-state index contributed by atoms with van der Waals surface area (Å²) >= 11 is 7.55. The third-order valence-corrected chi connectivity index (χ3v) is 8.14. The molecule has 3 aromatic carbocycles. The molecule has 1 aromatic heterocycles. The van der Waals surface area contributed by atoms with Gasteiger partial charge in [-0.2, -0.15) is 0 Å². The van der Waals surface area contributed by atoms with Gasteiger partial charge < -0.3 is 18.9 Å². The minimum Gasteiger partial charge on any atom is -0.493 e. The summed E-state index contributed by atoms with van der Waals surface area (Å²) in [6, 6.07) is 19.5. The molecule has 4 aromatic rings. The quantitative estimate of drug-likeness (QED) is 0.249. The van der Waals surface area contributed by atoms with E-state index in [1.54, 1.807) is 45.2 Å². The number of para-hydroxylation sites is 1. The van der Waals surface area contributed by atoms with E-state index in [-0.39, 0.29) is 24.3 Å². The molecular formula is C32H29ClN2O6S. The van der Waals surface area contributed by atoms with Crippen molar-refractivity contribution in [2.75, 3.05) is 20.8 Å². The van der Waals surface area contributed by atoms with E-state index >= 15 is 0 Å². The lowest BCUT2D eigenvalue weighted by molar-refractivity contribution is -0.139. The first kappa shape index (κ1) is 29.2. The Morgan fingerprint density at radius 1 is 1.02 bits per heavy atom. The van der Waals surface area contributed by atoms with E-state index in [4.69, 9.17) is 30.5 Å². The summed E-state index contributed by atoms with van der Waals surface area (Å²) in [5.41, 5.74) is 2.69. The molecule has 0 unspecified atom stereocenters. The van der Waals surface area contributed by atoms with Crippen molar-refractivity contribution in [3.63, 3.8) is 0 Å². The monoisotopic (exact) mass is 604 g/mol. The fraction of sp³-hybridized carbons (Fsp3) is 0.219. The number of halogens is 1. The molecule has 0 amide bonds. The van der Waals surface area contributed by atoms with Gasteiger partial charge in [0.15, 0.2) is 16.3 Å². The highest BCUT2D eigenvalue weighted by Crippen LogP contribution is 2.36. The zero-order chi connectivity index (χ0) is 29.8. The minimum absolute atomic E-state index is 0.184. The number of hydrogen-bond donors (Lipinski definition) is 0. The van der Waals surface area contributed by atoms with Gasteiger partial charge in [0.25, 0.3) is 5.56 Å². The van der Waals surface area contributed by atoms with Crippen LogP contribution in [-0.2, 0) is 16.1 Å². The van der Waals surface area contributed by atoms with E-state index in [0.29, 0.717) is 42.9 Å². The Labute approximate surface area is 251 Å². The second kappa shape index (κ2) is 12.7. The number of rotatable bonds is 9. The Bertz CT molecular complexity index is 1860. The molecule has 0 bridgehead atoms. The maximum atomic E-state index is 14.0. The van der Waals surface area contributed by atoms with Crippen LogP contribution in [0.4, 0.5) is 0 Å². The topological polar surface area (TPSA) is 88.4 Å². The van der Waals surface area contributed by atoms with Crippen molar-refractivity contribution < 1.29 is 23.7 Å². The van der Waals surface area contributed by atoms with Gasteiger partial charge in [0.1, 0.15) is 12.4 Å². The lowest BCUT2D eigenvalue weighted by Crippen LogP contribution is -2.40. The van der Waals surface area contributed by atoms with Crippen molar-refractivity contribution in [2.24, 2.45) is 4.99 Å². The van der Waals surface area contributed by atoms with Crippen molar-refractivity contribution in [2.45, 2.75) is 26.5 Å². The van der Waals surface area contributed by atoms with Gasteiger partial charge >= 0.3 is 5.97 Å². The molecule has 0 saturated carbocycles. The van der Waals surface area contributed by atoms with E-state index < -0.39 is 12.0 Å². The highest BCUT2D eigenvalue weighted by atomic mass is 35.5. The smallest absolute Gasteiger partial charge is 0.338 e. The maximum Gasteiger partial charge on any atom is 0.338 e. The lowest BCUT2D eigenvalue weighted by Gasteiger charge is -2.25. The summed E-state index contributed by atoms with van der Waals surface area (Å²) in [5.74, 6) is 1.06. The average molecular weight is 605 g/mol. The number of allylic oxidation sites excluding steroid dienone is 1. The Hall–Kier alpha value is -4.34. The molecule has 0 aliphatic carbocycles. The lowest BCUT2D eigenvalue weighted by atomic mass is 9.95. The number of methoxy groups -OCH3 is 2. The molecule has 0 N–H and O–H groups in total. The molecule has 1 aliphatic heterocycles. The normalized spacial score (nSPS) is 14.7. The maximum absolute atomic E-state index is 14.0. The third-order valence-electron chi connectivity index (χ3n) is 6.79. The highest BCUT2D eigenvalue weighted by molar-refractivity contribution is 7.07. The summed E-state index contributed by atoms with van der Waals surface area (Å²) < 4.78 is 24.4. The second-order valence-corrected chi connectivity index (χ2v) is 10.8. The van der Waals surface area contributed by atoms with Gasteiger partial charge in [0.2, 0.25) is 0 Å². The summed E-state index contributed by atoms with van der Waals surface area (Å²) in [4.78, 5) is 32.4. The van der Waals surface area contributed by atoms with E-state index in [1.165, 1.54) is 23.0 Å². The summed E-state index contributed by atoms with van der Waals surface area (Å²) in [5, 5.41) is 0.617. The first-order valence-corrected chi connectivity index (χ1v) is 14.4. The van der Waals surface area contributed by atoms with E-state index in [9.17, 15) is 9.59 Å². The fourth-order valence-electron chi connectivity index (χ4n) is 4.77. The van der Waals surface area contributed by atoms with Gasteiger partial charge in [-0.1, -0.05) is 65.4 Å². The molecule has 2 heterocycles. The zero-order valence-corrected chi connectivity index (χ0v) is 25.1. The van der Waals surface area contributed by atoms with E-state index in [1.807, 2.05) is 48.5 Å². The van der Waals surface area contributed by atoms with Crippen molar-refractivity contribution in [3.05, 3.63) is 119 Å². The summed E-state index contributed by atoms with van der Waals surface area (Å²) in [6.07, 6.45) is 1.78. The van der Waals surface area contributed by atoms with Crippen molar-refractivity contribution >= 4 is 35.0 Å². The van der Waals surface area contributed by atoms with Crippen LogP contribution in [0.1, 0.15) is 36.6 Å². The van der Waals surface area contributed by atoms with Crippen LogP contribution in [0.15, 0.2) is 87.8 Å². The van der Waals surface area contributed by atoms with Gasteiger partial charge in [-0.05, 0) is 49.8 Å². The number of hydrogen-bond acceptors (Lipinski definition) is 8. The van der Waals surface area contributed by atoms with Crippen LogP contribution in [0.25, 0.3) is 6.08 Å². The molecule has 1 atom stereocenters. The second-order valence-electron chi connectivity index (χ2n) is 9.33. The van der Waals surface area contributed by atoms with Crippen LogP contribution in [0.3, 0.4) is 0 Å². The number of carbonyl (C=O) groups excluding carboxylic acids is 1. The Kier molecular flexibility index (Phi) is 8.80. The summed E-state index contributed by atoms with van der Waals surface area (Å²) in [7, 11) is 3.08. The summed E-state index contributed by atoms with van der Waals surface area (Å²) in [6.45, 7) is 3.94. The molecule has 0 fully saturated rings. The SMILES string of the molecule is CCOC(=O)C1=C(C)N=c2s/c(=C\c3ccccc3OCc3ccccc3Cl)c(=O)n2[C@@H]1c1ccc(OC)c(OC)c1. The Morgan fingerprint density at radius 2 is 1.76 bits per heavy atom. The van der Waals surface area contributed by atoms with Crippen molar-refractivity contribution in [1.82, 2.24) is 4.57 Å². The Balaban J connectivity index is 1.63. The molecule has 0 spiro atoms. The van der Waals surface area contributed by atoms with Crippen molar-refractivity contribution in [1.29, 1.82) is 0 Å². The number of aromatic nitrogens is 1. The molecule has 10 heteroatoms. The molecular weight excluding hydrogens is 576 g/mol. The first-order chi connectivity index (χ1) is 20.4. The standard InChI is InChI=1S/C32H29ClN2O6S/c1-5-40-31(37)28-19(2)34-32-35(29(28)21-14-15-25(38-3)26(16-21)39-4)30(36)27(42-32)17-20-10-7-9-13-24(20)41-18-22-11-6-8-12-23(22)33/h6-17,29H,5,18H2,1-4H3/b27-17-/t29-/m1/s1. The Morgan fingerprint density at radius 3 is 2.50 bits per heavy atom. The molecule has 216 valence electrons. The number of nitrogens with zero attached hydrogens (tertiary/aromatic N) is 2. The van der Waals surface area contributed by atoms with Crippen LogP contribution < -0.4 is 29.1 Å². The number of ether oxygens (including phenoxy) is 4. The van der Waals surface area contributed by atoms with Crippen LogP contribution in [0, 0.1) is 0 Å². The van der Waals surface area contributed by atoms with Crippen LogP contribution in [0.5, 0.6) is 17.2 Å². The molecule has 8 nitrogen and oxygen atoms in total. The zero-order valence-electron chi connectivity index (χ0n) is 23.5. The third kappa shape index (κ3) is 5.70. The first-order valence-electron chi connectivity index (χ1n) is 13.2. The highest BCUT2D eigenvalue weighted by Gasteiger charge is 2.34. The molecule has 1 aliphatic rings. The number of carbonyl (C=O) groups is 1. The number of fused-ring (bicyclic) bond motifs is 1. The van der Waals surface area contributed by atoms with Gasteiger partial charge in [-0.15, -0.1) is 0 Å². The van der Waals surface area contributed by atoms with Crippen LogP contribution >= 0.6 is 22.9 Å². The van der Waals surface area contributed by atoms with Gasteiger partial charge in [0.05, 0.1) is 42.7 Å². The number of benzene rings is 3. The van der Waals surface area contributed by atoms with E-state index in [2.05, 4.69) is 4.99 Å².